The lowest BCUT2D eigenvalue weighted by Crippen LogP contribution is -2.16. The predicted octanol–water partition coefficient (Wildman–Crippen LogP) is 1.95. The highest BCUT2D eigenvalue weighted by atomic mass is 32.2. The first-order valence-electron chi connectivity index (χ1n) is 5.06. The molecule has 1 N–H and O–H groups in total. The Balaban J connectivity index is 1.59. The van der Waals surface area contributed by atoms with Gasteiger partial charge in [-0.3, -0.25) is 0 Å². The molecular weight excluding hydrogens is 222 g/mol. The van der Waals surface area contributed by atoms with Crippen molar-refractivity contribution in [2.45, 2.75) is 11.6 Å². The van der Waals surface area contributed by atoms with E-state index in [4.69, 9.17) is 4.42 Å². The van der Waals surface area contributed by atoms with E-state index in [1.807, 2.05) is 12.1 Å². The second-order valence-electron chi connectivity index (χ2n) is 3.20. The third kappa shape index (κ3) is 3.67. The van der Waals surface area contributed by atoms with Gasteiger partial charge in [0.15, 0.2) is 0 Å². The summed E-state index contributed by atoms with van der Waals surface area (Å²) in [6, 6.07) is 3.88. The van der Waals surface area contributed by atoms with Crippen molar-refractivity contribution in [2.75, 3.05) is 12.3 Å². The molecule has 0 aliphatic rings. The van der Waals surface area contributed by atoms with Crippen molar-refractivity contribution in [1.29, 1.82) is 0 Å². The maximum Gasteiger partial charge on any atom is 0.116 e. The third-order valence-electron chi connectivity index (χ3n) is 1.99. The average molecular weight is 235 g/mol. The van der Waals surface area contributed by atoms with E-state index < -0.39 is 0 Å². The molecule has 0 spiro atoms. The van der Waals surface area contributed by atoms with Gasteiger partial charge in [0.05, 0.1) is 17.6 Å². The topological polar surface area (TPSA) is 51.0 Å². The minimum atomic E-state index is 0.848. The lowest BCUT2D eigenvalue weighted by atomic mass is 10.3. The number of thioether (sulfide) groups is 1. The van der Waals surface area contributed by atoms with Crippen LogP contribution in [0, 0.1) is 0 Å². The largest absolute Gasteiger partial charge is 0.472 e. The van der Waals surface area contributed by atoms with Gasteiger partial charge in [-0.2, -0.15) is 0 Å². The van der Waals surface area contributed by atoms with E-state index in [-0.39, 0.29) is 0 Å². The molecule has 2 aromatic rings. The van der Waals surface area contributed by atoms with Crippen molar-refractivity contribution >= 4 is 11.8 Å². The molecule has 0 aromatic carbocycles. The molecule has 16 heavy (non-hydrogen) atoms. The van der Waals surface area contributed by atoms with Crippen LogP contribution in [-0.4, -0.2) is 22.3 Å². The van der Waals surface area contributed by atoms with E-state index in [9.17, 15) is 0 Å². The van der Waals surface area contributed by atoms with Crippen LogP contribution in [0.4, 0.5) is 0 Å². The first kappa shape index (κ1) is 11.2. The fraction of sp³-hybridized carbons (Fsp3) is 0.273. The molecule has 0 bridgehead atoms. The van der Waals surface area contributed by atoms with Crippen LogP contribution in [0.2, 0.25) is 0 Å². The van der Waals surface area contributed by atoms with Gasteiger partial charge in [0.1, 0.15) is 6.33 Å². The van der Waals surface area contributed by atoms with E-state index >= 15 is 0 Å². The predicted molar refractivity (Wildman–Crippen MR) is 63.2 cm³/mol. The Kier molecular flexibility index (Phi) is 4.39. The highest BCUT2D eigenvalue weighted by Crippen LogP contribution is 2.11. The number of hydrogen-bond acceptors (Lipinski definition) is 5. The molecule has 0 saturated carbocycles. The molecule has 0 aliphatic carbocycles. The molecule has 2 rings (SSSR count). The molecule has 5 heteroatoms. The Morgan fingerprint density at radius 3 is 3.12 bits per heavy atom. The lowest BCUT2D eigenvalue weighted by molar-refractivity contribution is 0.561. The molecule has 84 valence electrons. The summed E-state index contributed by atoms with van der Waals surface area (Å²) in [6.07, 6.45) is 6.77. The van der Waals surface area contributed by atoms with Gasteiger partial charge in [0, 0.05) is 30.6 Å². The summed E-state index contributed by atoms with van der Waals surface area (Å²) in [5, 5.41) is 4.35. The first-order valence-corrected chi connectivity index (χ1v) is 6.04. The fourth-order valence-electron chi connectivity index (χ4n) is 1.22. The van der Waals surface area contributed by atoms with E-state index in [1.54, 1.807) is 36.8 Å². The Morgan fingerprint density at radius 1 is 1.38 bits per heavy atom. The molecule has 2 aromatic heterocycles. The molecule has 0 saturated heterocycles. The summed E-state index contributed by atoms with van der Waals surface area (Å²) < 4.78 is 4.98. The van der Waals surface area contributed by atoms with Gasteiger partial charge in [0.2, 0.25) is 0 Å². The summed E-state index contributed by atoms with van der Waals surface area (Å²) >= 11 is 1.72. The van der Waals surface area contributed by atoms with Crippen LogP contribution in [0.1, 0.15) is 5.56 Å². The monoisotopic (exact) mass is 235 g/mol. The number of aromatic nitrogens is 2. The number of furan rings is 1. The van der Waals surface area contributed by atoms with Crippen LogP contribution in [0.15, 0.2) is 46.6 Å². The van der Waals surface area contributed by atoms with Crippen LogP contribution in [0.3, 0.4) is 0 Å². The van der Waals surface area contributed by atoms with E-state index in [0.29, 0.717) is 0 Å². The van der Waals surface area contributed by atoms with E-state index in [2.05, 4.69) is 15.3 Å². The van der Waals surface area contributed by atoms with Gasteiger partial charge in [-0.1, -0.05) is 0 Å². The molecule has 0 fully saturated rings. The Bertz CT molecular complexity index is 391. The van der Waals surface area contributed by atoms with Gasteiger partial charge in [-0.05, 0) is 12.1 Å². The molecular formula is C11H13N3OS. The zero-order valence-electron chi connectivity index (χ0n) is 8.80. The normalized spacial score (nSPS) is 10.5. The van der Waals surface area contributed by atoms with E-state index in [1.165, 1.54) is 5.56 Å². The van der Waals surface area contributed by atoms with Gasteiger partial charge >= 0.3 is 0 Å². The molecule has 0 radical (unpaired) electrons. The molecule has 4 nitrogen and oxygen atoms in total. The summed E-state index contributed by atoms with van der Waals surface area (Å²) in [7, 11) is 0. The number of nitrogens with one attached hydrogen (secondary N) is 1. The second kappa shape index (κ2) is 6.30. The Labute approximate surface area is 98.5 Å². The van der Waals surface area contributed by atoms with Gasteiger partial charge < -0.3 is 9.73 Å². The molecule has 2 heterocycles. The SMILES string of the molecule is c1cc(SCCNCc2ccoc2)ncn1. The molecule has 0 atom stereocenters. The summed E-state index contributed by atoms with van der Waals surface area (Å²) in [5.41, 5.74) is 1.17. The second-order valence-corrected chi connectivity index (χ2v) is 4.32. The van der Waals surface area contributed by atoms with Crippen molar-refractivity contribution in [2.24, 2.45) is 0 Å². The molecule has 0 unspecified atom stereocenters. The van der Waals surface area contributed by atoms with Crippen LogP contribution in [-0.2, 0) is 6.54 Å². The zero-order valence-corrected chi connectivity index (χ0v) is 9.61. The Morgan fingerprint density at radius 2 is 2.38 bits per heavy atom. The van der Waals surface area contributed by atoms with Crippen molar-refractivity contribution < 1.29 is 4.42 Å². The minimum absolute atomic E-state index is 0.848. The summed E-state index contributed by atoms with van der Waals surface area (Å²) in [5.74, 6) is 0.995. The van der Waals surface area contributed by atoms with Gasteiger partial charge in [-0.25, -0.2) is 9.97 Å². The number of hydrogen-bond donors (Lipinski definition) is 1. The molecule has 0 aliphatic heterocycles. The smallest absolute Gasteiger partial charge is 0.116 e. The first-order chi connectivity index (χ1) is 7.95. The third-order valence-corrected chi connectivity index (χ3v) is 2.94. The maximum atomic E-state index is 4.98. The standard InChI is InChI=1S/C11H13N3OS/c1-3-13-9-14-11(1)16-6-4-12-7-10-2-5-15-8-10/h1-3,5,8-9,12H,4,6-7H2. The van der Waals surface area contributed by atoms with Gasteiger partial charge in [0.25, 0.3) is 0 Å². The van der Waals surface area contributed by atoms with Crippen molar-refractivity contribution in [3.63, 3.8) is 0 Å². The van der Waals surface area contributed by atoms with Gasteiger partial charge in [-0.15, -0.1) is 11.8 Å². The van der Waals surface area contributed by atoms with Crippen molar-refractivity contribution in [3.05, 3.63) is 42.7 Å². The van der Waals surface area contributed by atoms with Crippen LogP contribution < -0.4 is 5.32 Å². The highest BCUT2D eigenvalue weighted by molar-refractivity contribution is 7.99. The van der Waals surface area contributed by atoms with Crippen molar-refractivity contribution in [1.82, 2.24) is 15.3 Å². The fourth-order valence-corrected chi connectivity index (χ4v) is 1.95. The molecule has 0 amide bonds. The maximum absolute atomic E-state index is 4.98. The average Bonchev–Trinajstić information content (AvgIpc) is 2.83. The minimum Gasteiger partial charge on any atom is -0.472 e. The summed E-state index contributed by atoms with van der Waals surface area (Å²) in [6.45, 7) is 1.79. The number of nitrogens with zero attached hydrogens (tertiary/aromatic N) is 2. The van der Waals surface area contributed by atoms with Crippen molar-refractivity contribution in [3.8, 4) is 0 Å². The number of rotatable bonds is 6. The van der Waals surface area contributed by atoms with Crippen LogP contribution in [0.25, 0.3) is 0 Å². The lowest BCUT2D eigenvalue weighted by Gasteiger charge is -2.02. The highest BCUT2D eigenvalue weighted by Gasteiger charge is 1.95. The van der Waals surface area contributed by atoms with E-state index in [0.717, 1.165) is 23.9 Å². The van der Waals surface area contributed by atoms with Crippen LogP contribution >= 0.6 is 11.8 Å². The quantitative estimate of drug-likeness (QED) is 0.471. The zero-order chi connectivity index (χ0) is 11.1. The Hall–Kier alpha value is -1.33. The summed E-state index contributed by atoms with van der Waals surface area (Å²) in [4.78, 5) is 8.01. The van der Waals surface area contributed by atoms with Crippen LogP contribution in [0.5, 0.6) is 0 Å².